The van der Waals surface area contributed by atoms with Gasteiger partial charge in [-0.15, -0.1) is 11.8 Å². The molecule has 0 saturated heterocycles. The zero-order valence-corrected chi connectivity index (χ0v) is 26.7. The van der Waals surface area contributed by atoms with Crippen molar-refractivity contribution < 1.29 is 23.9 Å². The molecule has 5 aromatic rings. The van der Waals surface area contributed by atoms with Gasteiger partial charge in [0.25, 0.3) is 11.8 Å². The van der Waals surface area contributed by atoms with Crippen molar-refractivity contribution in [3.8, 4) is 11.5 Å². The van der Waals surface area contributed by atoms with Crippen LogP contribution < -0.4 is 25.4 Å². The monoisotopic (exact) mass is 649 g/mol. The van der Waals surface area contributed by atoms with Crippen molar-refractivity contribution in [2.75, 3.05) is 24.9 Å². The van der Waals surface area contributed by atoms with Crippen LogP contribution in [0.4, 0.5) is 11.4 Å². The molecule has 46 heavy (non-hydrogen) atoms. The predicted octanol–water partition coefficient (Wildman–Crippen LogP) is 7.65. The van der Waals surface area contributed by atoms with Crippen molar-refractivity contribution in [1.82, 2.24) is 5.32 Å². The maximum Gasteiger partial charge on any atom is 0.272 e. The van der Waals surface area contributed by atoms with Crippen LogP contribution in [0.15, 0.2) is 131 Å². The highest BCUT2D eigenvalue weighted by Crippen LogP contribution is 2.38. The molecule has 1 aromatic heterocycles. The number of thiophene rings is 1. The first-order chi connectivity index (χ1) is 22.4. The standard InChI is InChI=1S/C36H31N3O5S2/c1-43-28-15-18-30(32(22-28)44-2)38-36(42)33(25-9-5-3-6-10-25)46-29-16-13-27(14-17-29)37-35(41)31(21-24-19-20-45-23-24)39-34(40)26-11-7-4-8-12-26/h3-23,33H,1-2H3,(H,37,41)(H,38,42)(H,39,40)/b31-21-. The molecule has 0 spiro atoms. The molecule has 3 amide bonds. The molecule has 1 heterocycles. The van der Waals surface area contributed by atoms with Gasteiger partial charge >= 0.3 is 0 Å². The Morgan fingerprint density at radius 1 is 0.804 bits per heavy atom. The minimum absolute atomic E-state index is 0.112. The lowest BCUT2D eigenvalue weighted by Crippen LogP contribution is -2.30. The fourth-order valence-electron chi connectivity index (χ4n) is 4.42. The molecule has 0 saturated carbocycles. The Morgan fingerprint density at radius 2 is 1.52 bits per heavy atom. The first-order valence-corrected chi connectivity index (χ1v) is 16.0. The highest BCUT2D eigenvalue weighted by molar-refractivity contribution is 8.00. The first kappa shape index (κ1) is 32.1. The van der Waals surface area contributed by atoms with Gasteiger partial charge in [0.15, 0.2) is 0 Å². The van der Waals surface area contributed by atoms with E-state index in [4.69, 9.17) is 9.47 Å². The van der Waals surface area contributed by atoms with Crippen LogP contribution in [0, 0.1) is 0 Å². The number of methoxy groups -OCH3 is 2. The minimum Gasteiger partial charge on any atom is -0.497 e. The molecule has 232 valence electrons. The number of carbonyl (C=O) groups excluding carboxylic acids is 3. The maximum atomic E-state index is 13.6. The summed E-state index contributed by atoms with van der Waals surface area (Å²) < 4.78 is 10.7. The minimum atomic E-state index is -0.582. The molecule has 0 bridgehead atoms. The third kappa shape index (κ3) is 8.44. The number of amides is 3. The van der Waals surface area contributed by atoms with Crippen LogP contribution in [0.25, 0.3) is 6.08 Å². The lowest BCUT2D eigenvalue weighted by atomic mass is 10.1. The van der Waals surface area contributed by atoms with Gasteiger partial charge in [-0.25, -0.2) is 0 Å². The van der Waals surface area contributed by atoms with Gasteiger partial charge in [0, 0.05) is 22.2 Å². The number of carbonyl (C=O) groups is 3. The first-order valence-electron chi connectivity index (χ1n) is 14.2. The summed E-state index contributed by atoms with van der Waals surface area (Å²) in [5.41, 5.74) is 3.23. The van der Waals surface area contributed by atoms with Gasteiger partial charge in [-0.2, -0.15) is 11.3 Å². The van der Waals surface area contributed by atoms with Crippen LogP contribution in [0.2, 0.25) is 0 Å². The molecule has 0 aliphatic heterocycles. The quantitative estimate of drug-likeness (QED) is 0.0948. The van der Waals surface area contributed by atoms with Gasteiger partial charge in [-0.1, -0.05) is 48.5 Å². The molecule has 4 aromatic carbocycles. The summed E-state index contributed by atoms with van der Waals surface area (Å²) in [6.07, 6.45) is 1.64. The van der Waals surface area contributed by atoms with Gasteiger partial charge in [0.2, 0.25) is 5.91 Å². The Hall–Kier alpha value is -5.32. The largest absolute Gasteiger partial charge is 0.497 e. The van der Waals surface area contributed by atoms with Crippen molar-refractivity contribution in [3.63, 3.8) is 0 Å². The fourth-order valence-corrected chi connectivity index (χ4v) is 6.06. The van der Waals surface area contributed by atoms with Crippen LogP contribution in [-0.2, 0) is 9.59 Å². The van der Waals surface area contributed by atoms with Crippen molar-refractivity contribution in [2.24, 2.45) is 0 Å². The molecule has 1 atom stereocenters. The summed E-state index contributed by atoms with van der Waals surface area (Å²) in [4.78, 5) is 40.7. The summed E-state index contributed by atoms with van der Waals surface area (Å²) in [7, 11) is 3.10. The number of nitrogens with one attached hydrogen (secondary N) is 3. The molecule has 1 unspecified atom stereocenters. The molecule has 8 nitrogen and oxygen atoms in total. The van der Waals surface area contributed by atoms with E-state index in [-0.39, 0.29) is 17.5 Å². The molecule has 3 N–H and O–H groups in total. The predicted molar refractivity (Wildman–Crippen MR) is 184 cm³/mol. The van der Waals surface area contributed by atoms with E-state index in [1.807, 2.05) is 65.4 Å². The summed E-state index contributed by atoms with van der Waals surface area (Å²) in [6, 6.07) is 32.5. The van der Waals surface area contributed by atoms with Crippen molar-refractivity contribution in [3.05, 3.63) is 142 Å². The van der Waals surface area contributed by atoms with Gasteiger partial charge in [0.05, 0.1) is 19.9 Å². The molecular formula is C36H31N3O5S2. The summed E-state index contributed by atoms with van der Waals surface area (Å²) in [5.74, 6) is 0.0161. The van der Waals surface area contributed by atoms with Gasteiger partial charge in [0.1, 0.15) is 22.4 Å². The second kappa shape index (κ2) is 15.6. The van der Waals surface area contributed by atoms with Crippen molar-refractivity contribution in [2.45, 2.75) is 10.1 Å². The molecule has 10 heteroatoms. The van der Waals surface area contributed by atoms with Crippen LogP contribution >= 0.6 is 23.1 Å². The van der Waals surface area contributed by atoms with Gasteiger partial charge in [-0.3, -0.25) is 14.4 Å². The second-order valence-electron chi connectivity index (χ2n) is 9.88. The number of hydrogen-bond acceptors (Lipinski definition) is 7. The third-order valence-corrected chi connectivity index (χ3v) is 8.72. The number of hydrogen-bond donors (Lipinski definition) is 3. The lowest BCUT2D eigenvalue weighted by molar-refractivity contribution is -0.116. The van der Waals surface area contributed by atoms with Gasteiger partial charge in [-0.05, 0) is 82.6 Å². The Bertz CT molecular complexity index is 1810. The molecule has 0 aliphatic carbocycles. The smallest absolute Gasteiger partial charge is 0.272 e. The number of thioether (sulfide) groups is 1. The molecule has 0 fully saturated rings. The lowest BCUT2D eigenvalue weighted by Gasteiger charge is -2.19. The topological polar surface area (TPSA) is 106 Å². The summed E-state index contributed by atoms with van der Waals surface area (Å²) in [6.45, 7) is 0. The second-order valence-corrected chi connectivity index (χ2v) is 11.8. The number of benzene rings is 4. The third-order valence-electron chi connectivity index (χ3n) is 6.76. The highest BCUT2D eigenvalue weighted by Gasteiger charge is 2.24. The fraction of sp³-hybridized carbons (Fsp3) is 0.0833. The van der Waals surface area contributed by atoms with Gasteiger partial charge < -0.3 is 25.4 Å². The SMILES string of the molecule is COc1ccc(NC(=O)C(Sc2ccc(NC(=O)/C(=C/c3ccsc3)NC(=O)c3ccccc3)cc2)c2ccccc2)c(OC)c1. The van der Waals surface area contributed by atoms with Crippen molar-refractivity contribution >= 4 is 58.3 Å². The van der Waals surface area contributed by atoms with E-state index in [1.54, 1.807) is 67.8 Å². The normalized spacial score (nSPS) is 11.7. The summed E-state index contributed by atoms with van der Waals surface area (Å²) in [5, 5.41) is 11.8. The van der Waals surface area contributed by atoms with Crippen molar-refractivity contribution in [1.29, 1.82) is 0 Å². The zero-order valence-electron chi connectivity index (χ0n) is 25.1. The number of anilines is 2. The Kier molecular flexibility index (Phi) is 10.9. The average Bonchev–Trinajstić information content (AvgIpc) is 3.61. The molecular weight excluding hydrogens is 619 g/mol. The highest BCUT2D eigenvalue weighted by atomic mass is 32.2. The number of ether oxygens (including phenoxy) is 2. The summed E-state index contributed by atoms with van der Waals surface area (Å²) >= 11 is 2.87. The molecule has 0 radical (unpaired) electrons. The van der Waals surface area contributed by atoms with Crippen LogP contribution in [-0.4, -0.2) is 31.9 Å². The Morgan fingerprint density at radius 3 is 2.17 bits per heavy atom. The van der Waals surface area contributed by atoms with Crippen LogP contribution in [0.3, 0.4) is 0 Å². The van der Waals surface area contributed by atoms with E-state index in [2.05, 4.69) is 16.0 Å². The zero-order chi connectivity index (χ0) is 32.3. The van der Waals surface area contributed by atoms with E-state index < -0.39 is 11.2 Å². The van der Waals surface area contributed by atoms with Crippen LogP contribution in [0.1, 0.15) is 26.7 Å². The molecule has 0 aliphatic rings. The van der Waals surface area contributed by atoms with E-state index >= 15 is 0 Å². The molecule has 5 rings (SSSR count). The number of rotatable bonds is 12. The van der Waals surface area contributed by atoms with E-state index in [9.17, 15) is 14.4 Å². The van der Waals surface area contributed by atoms with E-state index in [0.29, 0.717) is 28.4 Å². The van der Waals surface area contributed by atoms with Crippen LogP contribution in [0.5, 0.6) is 11.5 Å². The average molecular weight is 650 g/mol. The Labute approximate surface area is 275 Å². The van der Waals surface area contributed by atoms with E-state index in [0.717, 1.165) is 16.0 Å². The van der Waals surface area contributed by atoms with E-state index in [1.165, 1.54) is 30.2 Å². The maximum absolute atomic E-state index is 13.6. The Balaban J connectivity index is 1.31.